The molecule has 262 valence electrons. The van der Waals surface area contributed by atoms with Gasteiger partial charge in [0.2, 0.25) is 5.91 Å². The van der Waals surface area contributed by atoms with Gasteiger partial charge in [0.1, 0.15) is 5.60 Å². The highest BCUT2D eigenvalue weighted by Gasteiger charge is 2.68. The van der Waals surface area contributed by atoms with Crippen molar-refractivity contribution < 1.29 is 19.1 Å². The van der Waals surface area contributed by atoms with Crippen LogP contribution in [-0.2, 0) is 14.3 Å². The van der Waals surface area contributed by atoms with Crippen molar-refractivity contribution in [3.8, 4) is 0 Å². The molecule has 2 heterocycles. The van der Waals surface area contributed by atoms with Gasteiger partial charge in [0.25, 0.3) is 0 Å². The molecule has 0 aromatic rings. The number of amides is 2. The quantitative estimate of drug-likeness (QED) is 0.334. The van der Waals surface area contributed by atoms with E-state index in [2.05, 4.69) is 46.4 Å². The van der Waals surface area contributed by atoms with Gasteiger partial charge >= 0.3 is 6.09 Å². The van der Waals surface area contributed by atoms with E-state index in [1.54, 1.807) is 0 Å². The molecule has 5 aliphatic carbocycles. The molecule has 47 heavy (non-hydrogen) atoms. The fraction of sp³-hybridized carbons (Fsp3) is 0.875. The van der Waals surface area contributed by atoms with Crippen molar-refractivity contribution in [3.63, 3.8) is 0 Å². The maximum atomic E-state index is 15.2. The van der Waals surface area contributed by atoms with Crippen LogP contribution in [0.4, 0.5) is 4.79 Å². The van der Waals surface area contributed by atoms with E-state index in [9.17, 15) is 9.59 Å². The molecule has 2 bridgehead atoms. The lowest BCUT2D eigenvalue weighted by molar-refractivity contribution is -0.184. The van der Waals surface area contributed by atoms with Gasteiger partial charge in [-0.25, -0.2) is 4.79 Å². The number of piperazine rings is 1. The molecule has 2 N–H and O–H groups in total. The summed E-state index contributed by atoms with van der Waals surface area (Å²) < 4.78 is 5.73. The molecule has 10 atom stereocenters. The molecule has 7 heteroatoms. The van der Waals surface area contributed by atoms with Gasteiger partial charge in [0.15, 0.2) is 5.78 Å². The number of rotatable bonds is 2. The first-order chi connectivity index (χ1) is 21.8. The second-order valence-corrected chi connectivity index (χ2v) is 19.6. The second kappa shape index (κ2) is 10.8. The maximum Gasteiger partial charge on any atom is 0.410 e. The topological polar surface area (TPSA) is 92.9 Å². The molecule has 4 saturated carbocycles. The van der Waals surface area contributed by atoms with Gasteiger partial charge in [-0.05, 0) is 142 Å². The maximum absolute atomic E-state index is 15.2. The summed E-state index contributed by atoms with van der Waals surface area (Å²) in [5.41, 5.74) is 8.40. The van der Waals surface area contributed by atoms with E-state index < -0.39 is 11.0 Å². The third kappa shape index (κ3) is 4.77. The van der Waals surface area contributed by atoms with E-state index in [1.165, 1.54) is 31.3 Å². The Bertz CT molecular complexity index is 1360. The van der Waals surface area contributed by atoms with Gasteiger partial charge in [-0.1, -0.05) is 41.5 Å². The molecule has 0 spiro atoms. The standard InChI is InChI=1S/C40H63N3O4/c1-23(2)32-28(44)20-40(34(45)43-24-10-11-25(43)22-42(21-24)35(46)47-36(3,4)5)19-14-27-26(33(32)40)12-13-30-38(27,8)17-15-29-37(6,7)31(41)16-18-39(29,30)9/h23-27,29-31H,10-22,41H2,1-9H3/t24?,25?,26-,27?,29?,30?,31-,38?,39?,40+/m0/s1. The molecule has 2 amide bonds. The minimum Gasteiger partial charge on any atom is -0.444 e. The number of hydrogen-bond donors (Lipinski definition) is 1. The molecule has 7 nitrogen and oxygen atoms in total. The summed E-state index contributed by atoms with van der Waals surface area (Å²) >= 11 is 0. The van der Waals surface area contributed by atoms with Gasteiger partial charge in [0.05, 0.1) is 5.41 Å². The van der Waals surface area contributed by atoms with Crippen LogP contribution in [0, 0.1) is 51.2 Å². The predicted molar refractivity (Wildman–Crippen MR) is 184 cm³/mol. The second-order valence-electron chi connectivity index (χ2n) is 19.6. The predicted octanol–water partition coefficient (Wildman–Crippen LogP) is 7.51. The third-order valence-corrected chi connectivity index (χ3v) is 15.5. The third-order valence-electron chi connectivity index (χ3n) is 15.5. The Morgan fingerprint density at radius 3 is 2.11 bits per heavy atom. The number of likely N-dealkylation sites (tertiary alicyclic amines) is 1. The summed E-state index contributed by atoms with van der Waals surface area (Å²) in [6, 6.07) is 0.252. The fourth-order valence-corrected chi connectivity index (χ4v) is 13.5. The smallest absolute Gasteiger partial charge is 0.410 e. The Kier molecular flexibility index (Phi) is 7.72. The summed E-state index contributed by atoms with van der Waals surface area (Å²) in [6.07, 6.45) is 10.8. The zero-order valence-electron chi connectivity index (χ0n) is 30.9. The van der Waals surface area contributed by atoms with Gasteiger partial charge in [-0.2, -0.15) is 0 Å². The van der Waals surface area contributed by atoms with Gasteiger partial charge in [0, 0.05) is 37.6 Å². The van der Waals surface area contributed by atoms with E-state index in [-0.39, 0.29) is 58.1 Å². The van der Waals surface area contributed by atoms with Crippen LogP contribution in [-0.4, -0.2) is 64.4 Å². The summed E-state index contributed by atoms with van der Waals surface area (Å²) in [6.45, 7) is 21.1. The zero-order chi connectivity index (χ0) is 34.1. The first kappa shape index (κ1) is 33.6. The average Bonchev–Trinajstić information content (AvgIpc) is 3.43. The Labute approximate surface area is 284 Å². The number of carbonyl (C=O) groups excluding carboxylic acids is 3. The lowest BCUT2D eigenvalue weighted by Gasteiger charge is -2.69. The van der Waals surface area contributed by atoms with Crippen molar-refractivity contribution in [1.29, 1.82) is 0 Å². The van der Waals surface area contributed by atoms with Crippen LogP contribution in [0.25, 0.3) is 0 Å². The number of nitrogens with zero attached hydrogens (tertiary/aromatic N) is 2. The number of ketones is 1. The van der Waals surface area contributed by atoms with E-state index in [4.69, 9.17) is 10.5 Å². The largest absolute Gasteiger partial charge is 0.444 e. The number of nitrogens with two attached hydrogens (primary N) is 1. The van der Waals surface area contributed by atoms with Crippen LogP contribution in [0.5, 0.6) is 0 Å². The molecule has 2 saturated heterocycles. The first-order valence-corrected chi connectivity index (χ1v) is 19.2. The molecule has 7 rings (SSSR count). The van der Waals surface area contributed by atoms with Crippen LogP contribution in [0.3, 0.4) is 0 Å². The van der Waals surface area contributed by atoms with E-state index in [1.807, 2.05) is 25.7 Å². The highest BCUT2D eigenvalue weighted by atomic mass is 16.6. The van der Waals surface area contributed by atoms with Crippen molar-refractivity contribution in [2.24, 2.45) is 57.0 Å². The van der Waals surface area contributed by atoms with E-state index in [0.717, 1.165) is 44.1 Å². The summed E-state index contributed by atoms with van der Waals surface area (Å²) in [5, 5.41) is 0. The first-order valence-electron chi connectivity index (χ1n) is 19.2. The highest BCUT2D eigenvalue weighted by molar-refractivity contribution is 6.07. The number of allylic oxidation sites excluding steroid dienone is 1. The number of ether oxygens (including phenoxy) is 1. The van der Waals surface area contributed by atoms with Gasteiger partial charge < -0.3 is 20.3 Å². The fourth-order valence-electron chi connectivity index (χ4n) is 13.5. The van der Waals surface area contributed by atoms with Crippen LogP contribution < -0.4 is 5.73 Å². The minimum absolute atomic E-state index is 0.00942. The molecule has 2 aliphatic heterocycles. The Balaban J connectivity index is 1.20. The SMILES string of the molecule is CC(C)C1=C2[C@H]3CCC4C(C)(CCC5C4(C)CC[C@H](N)C5(C)C)C3CC[C@@]2(C(=O)N2C3CCC2CN(C(=O)OC(C)(C)C)C3)CC1=O. The summed E-state index contributed by atoms with van der Waals surface area (Å²) in [5.74, 6) is 2.64. The van der Waals surface area contributed by atoms with Crippen molar-refractivity contribution >= 4 is 17.8 Å². The molecule has 7 unspecified atom stereocenters. The number of carbonyl (C=O) groups is 3. The molecule has 0 radical (unpaired) electrons. The molecular formula is C40H63N3O4. The average molecular weight is 650 g/mol. The molecule has 0 aromatic carbocycles. The van der Waals surface area contributed by atoms with Crippen molar-refractivity contribution in [1.82, 2.24) is 9.80 Å². The van der Waals surface area contributed by atoms with Crippen LogP contribution in [0.1, 0.15) is 133 Å². The number of Topliss-reactive ketones (excluding diaryl/α,β-unsaturated/α-hetero) is 1. The van der Waals surface area contributed by atoms with Crippen molar-refractivity contribution in [2.45, 2.75) is 157 Å². The number of hydrogen-bond acceptors (Lipinski definition) is 5. The van der Waals surface area contributed by atoms with Crippen LogP contribution in [0.2, 0.25) is 0 Å². The normalized spacial score (nSPS) is 44.1. The Morgan fingerprint density at radius 1 is 0.851 bits per heavy atom. The van der Waals surface area contributed by atoms with Crippen LogP contribution in [0.15, 0.2) is 11.1 Å². The minimum atomic E-state index is -0.712. The monoisotopic (exact) mass is 649 g/mol. The lowest BCUT2D eigenvalue weighted by atomic mass is 9.36. The lowest BCUT2D eigenvalue weighted by Crippen LogP contribution is -2.64. The Morgan fingerprint density at radius 2 is 1.49 bits per heavy atom. The summed E-state index contributed by atoms with van der Waals surface area (Å²) in [7, 11) is 0. The van der Waals surface area contributed by atoms with Crippen molar-refractivity contribution in [2.75, 3.05) is 13.1 Å². The van der Waals surface area contributed by atoms with E-state index >= 15 is 4.79 Å². The molecule has 6 fully saturated rings. The highest BCUT2D eigenvalue weighted by Crippen LogP contribution is 2.73. The van der Waals surface area contributed by atoms with Crippen LogP contribution >= 0.6 is 0 Å². The Hall–Kier alpha value is -1.89. The summed E-state index contributed by atoms with van der Waals surface area (Å²) in [4.78, 5) is 46.3. The van der Waals surface area contributed by atoms with E-state index in [0.29, 0.717) is 43.2 Å². The van der Waals surface area contributed by atoms with Gasteiger partial charge in [-0.3, -0.25) is 9.59 Å². The zero-order valence-corrected chi connectivity index (χ0v) is 30.9. The van der Waals surface area contributed by atoms with Gasteiger partial charge in [-0.15, -0.1) is 0 Å². The van der Waals surface area contributed by atoms with Crippen molar-refractivity contribution in [3.05, 3.63) is 11.1 Å². The molecule has 0 aromatic heterocycles. The molecular weight excluding hydrogens is 586 g/mol. The molecule has 7 aliphatic rings. The number of fused-ring (bicyclic) bond motifs is 9.